The van der Waals surface area contributed by atoms with Crippen LogP contribution in [0.15, 0.2) is 24.3 Å². The Balaban J connectivity index is 1.68. The van der Waals surface area contributed by atoms with Crippen LogP contribution in [-0.2, 0) is 11.2 Å². The lowest BCUT2D eigenvalue weighted by Gasteiger charge is -2.18. The Hall–Kier alpha value is -0.860. The molecule has 0 saturated carbocycles. The monoisotopic (exact) mass is 249 g/mol. The first-order chi connectivity index (χ1) is 8.22. The van der Waals surface area contributed by atoms with E-state index in [9.17, 15) is 4.79 Å². The predicted molar refractivity (Wildman–Crippen MR) is 68.2 cm³/mol. The van der Waals surface area contributed by atoms with Gasteiger partial charge in [-0.3, -0.25) is 4.79 Å². The van der Waals surface area contributed by atoms with Crippen LogP contribution in [0.2, 0.25) is 5.02 Å². The van der Waals surface area contributed by atoms with Crippen molar-refractivity contribution >= 4 is 17.4 Å². The predicted octanol–water partition coefficient (Wildman–Crippen LogP) is 2.59. The SMILES string of the molecule is O=C(Cc1cccc(Cl)c1)C1CC2CCC1N2. The minimum atomic E-state index is 0.229. The van der Waals surface area contributed by atoms with Crippen molar-refractivity contribution < 1.29 is 4.79 Å². The molecule has 0 radical (unpaired) electrons. The Morgan fingerprint density at radius 1 is 1.41 bits per heavy atom. The number of rotatable bonds is 3. The van der Waals surface area contributed by atoms with Crippen LogP contribution < -0.4 is 5.32 Å². The molecule has 1 aromatic carbocycles. The minimum absolute atomic E-state index is 0.229. The van der Waals surface area contributed by atoms with Gasteiger partial charge in [0.25, 0.3) is 0 Å². The Bertz CT molecular complexity index is 446. The number of halogens is 1. The summed E-state index contributed by atoms with van der Waals surface area (Å²) >= 11 is 5.93. The Morgan fingerprint density at radius 3 is 2.94 bits per heavy atom. The van der Waals surface area contributed by atoms with Gasteiger partial charge in [0.15, 0.2) is 0 Å². The van der Waals surface area contributed by atoms with E-state index in [1.165, 1.54) is 6.42 Å². The number of carbonyl (C=O) groups excluding carboxylic acids is 1. The molecule has 2 fully saturated rings. The zero-order valence-electron chi connectivity index (χ0n) is 9.66. The van der Waals surface area contributed by atoms with Crippen LogP contribution in [0.5, 0.6) is 0 Å². The maximum Gasteiger partial charge on any atom is 0.141 e. The zero-order valence-corrected chi connectivity index (χ0v) is 10.4. The summed E-state index contributed by atoms with van der Waals surface area (Å²) in [6, 6.07) is 8.64. The van der Waals surface area contributed by atoms with Gasteiger partial charge in [0, 0.05) is 29.4 Å². The summed E-state index contributed by atoms with van der Waals surface area (Å²) in [4.78, 5) is 12.2. The van der Waals surface area contributed by atoms with Crippen molar-refractivity contribution in [3.63, 3.8) is 0 Å². The molecule has 0 amide bonds. The van der Waals surface area contributed by atoms with Gasteiger partial charge in [-0.15, -0.1) is 0 Å². The van der Waals surface area contributed by atoms with Crippen molar-refractivity contribution in [2.24, 2.45) is 5.92 Å². The van der Waals surface area contributed by atoms with Crippen LogP contribution in [0, 0.1) is 5.92 Å². The summed E-state index contributed by atoms with van der Waals surface area (Å²) in [5.74, 6) is 0.597. The highest BCUT2D eigenvalue weighted by Gasteiger charge is 2.42. The number of Topliss-reactive ketones (excluding diaryl/α,β-unsaturated/α-hetero) is 1. The topological polar surface area (TPSA) is 29.1 Å². The molecule has 3 atom stereocenters. The molecule has 1 aromatic rings. The number of nitrogens with one attached hydrogen (secondary N) is 1. The van der Waals surface area contributed by atoms with E-state index in [1.54, 1.807) is 0 Å². The maximum absolute atomic E-state index is 12.2. The van der Waals surface area contributed by atoms with Gasteiger partial charge in [-0.05, 0) is 37.0 Å². The molecule has 90 valence electrons. The van der Waals surface area contributed by atoms with E-state index in [0.717, 1.165) is 18.4 Å². The number of benzene rings is 1. The fraction of sp³-hybridized carbons (Fsp3) is 0.500. The van der Waals surface area contributed by atoms with E-state index in [-0.39, 0.29) is 5.92 Å². The fourth-order valence-corrected chi connectivity index (χ4v) is 3.37. The van der Waals surface area contributed by atoms with E-state index < -0.39 is 0 Å². The molecule has 0 aliphatic carbocycles. The molecule has 0 aromatic heterocycles. The van der Waals surface area contributed by atoms with Gasteiger partial charge < -0.3 is 5.32 Å². The number of fused-ring (bicyclic) bond motifs is 2. The van der Waals surface area contributed by atoms with Gasteiger partial charge in [-0.25, -0.2) is 0 Å². The summed E-state index contributed by atoms with van der Waals surface area (Å²) < 4.78 is 0. The number of ketones is 1. The fourth-order valence-electron chi connectivity index (χ4n) is 3.16. The normalized spacial score (nSPS) is 30.8. The van der Waals surface area contributed by atoms with E-state index in [4.69, 9.17) is 11.6 Å². The van der Waals surface area contributed by atoms with Crippen molar-refractivity contribution in [3.8, 4) is 0 Å². The lowest BCUT2D eigenvalue weighted by Crippen LogP contribution is -2.29. The molecule has 2 heterocycles. The van der Waals surface area contributed by atoms with E-state index in [0.29, 0.717) is 29.3 Å². The molecule has 2 aliphatic rings. The molecule has 2 bridgehead atoms. The molecule has 0 spiro atoms. The Kier molecular flexibility index (Phi) is 2.93. The third-order valence-corrected chi connectivity index (χ3v) is 4.22. The third kappa shape index (κ3) is 2.24. The molecule has 1 N–H and O–H groups in total. The van der Waals surface area contributed by atoms with Crippen molar-refractivity contribution in [1.29, 1.82) is 0 Å². The standard InChI is InChI=1S/C14H16ClNO/c15-10-3-1-2-9(6-10)7-14(17)12-8-11-4-5-13(12)16-11/h1-3,6,11-13,16H,4-5,7-8H2. The van der Waals surface area contributed by atoms with Crippen molar-refractivity contribution in [2.75, 3.05) is 0 Å². The summed E-state index contributed by atoms with van der Waals surface area (Å²) in [6.07, 6.45) is 3.96. The highest BCUT2D eigenvalue weighted by molar-refractivity contribution is 6.30. The molecule has 2 aliphatic heterocycles. The average molecular weight is 250 g/mol. The van der Waals surface area contributed by atoms with Gasteiger partial charge in [-0.2, -0.15) is 0 Å². The molecular weight excluding hydrogens is 234 g/mol. The van der Waals surface area contributed by atoms with Gasteiger partial charge in [0.05, 0.1) is 0 Å². The highest BCUT2D eigenvalue weighted by atomic mass is 35.5. The smallest absolute Gasteiger partial charge is 0.141 e. The summed E-state index contributed by atoms with van der Waals surface area (Å²) in [5, 5.41) is 4.22. The average Bonchev–Trinajstić information content (AvgIpc) is 2.90. The molecule has 3 unspecified atom stereocenters. The zero-order chi connectivity index (χ0) is 11.8. The highest BCUT2D eigenvalue weighted by Crippen LogP contribution is 2.34. The maximum atomic E-state index is 12.2. The summed E-state index contributed by atoms with van der Waals surface area (Å²) in [7, 11) is 0. The lowest BCUT2D eigenvalue weighted by atomic mass is 9.84. The van der Waals surface area contributed by atoms with E-state index >= 15 is 0 Å². The number of hydrogen-bond acceptors (Lipinski definition) is 2. The van der Waals surface area contributed by atoms with Crippen LogP contribution >= 0.6 is 11.6 Å². The molecule has 2 nitrogen and oxygen atoms in total. The minimum Gasteiger partial charge on any atom is -0.310 e. The molecule has 3 rings (SSSR count). The molecule has 3 heteroatoms. The molecule has 17 heavy (non-hydrogen) atoms. The van der Waals surface area contributed by atoms with Crippen molar-refractivity contribution in [3.05, 3.63) is 34.9 Å². The van der Waals surface area contributed by atoms with Crippen LogP contribution in [0.25, 0.3) is 0 Å². The van der Waals surface area contributed by atoms with Gasteiger partial charge in [0.2, 0.25) is 0 Å². The largest absolute Gasteiger partial charge is 0.310 e. The molecule has 2 saturated heterocycles. The second-order valence-electron chi connectivity index (χ2n) is 5.16. The van der Waals surface area contributed by atoms with Crippen LogP contribution in [0.1, 0.15) is 24.8 Å². The van der Waals surface area contributed by atoms with E-state index in [1.807, 2.05) is 24.3 Å². The van der Waals surface area contributed by atoms with Gasteiger partial charge in [0.1, 0.15) is 5.78 Å². The van der Waals surface area contributed by atoms with Crippen LogP contribution in [0.4, 0.5) is 0 Å². The lowest BCUT2D eigenvalue weighted by molar-refractivity contribution is -0.122. The van der Waals surface area contributed by atoms with Gasteiger partial charge >= 0.3 is 0 Å². The van der Waals surface area contributed by atoms with Gasteiger partial charge in [-0.1, -0.05) is 23.7 Å². The first-order valence-electron chi connectivity index (χ1n) is 6.25. The second-order valence-corrected chi connectivity index (χ2v) is 5.60. The first-order valence-corrected chi connectivity index (χ1v) is 6.63. The Labute approximate surface area is 106 Å². The Morgan fingerprint density at radius 2 is 2.29 bits per heavy atom. The first kappa shape index (κ1) is 11.2. The van der Waals surface area contributed by atoms with Crippen LogP contribution in [-0.4, -0.2) is 17.9 Å². The van der Waals surface area contributed by atoms with E-state index in [2.05, 4.69) is 5.32 Å². The van der Waals surface area contributed by atoms with Crippen molar-refractivity contribution in [2.45, 2.75) is 37.8 Å². The molecular formula is C14H16ClNO. The number of hydrogen-bond donors (Lipinski definition) is 1. The quantitative estimate of drug-likeness (QED) is 0.892. The third-order valence-electron chi connectivity index (χ3n) is 3.98. The summed E-state index contributed by atoms with van der Waals surface area (Å²) in [6.45, 7) is 0. The van der Waals surface area contributed by atoms with Crippen molar-refractivity contribution in [1.82, 2.24) is 5.32 Å². The second kappa shape index (κ2) is 4.43. The van der Waals surface area contributed by atoms with Crippen LogP contribution in [0.3, 0.4) is 0 Å². The number of carbonyl (C=O) groups is 1. The summed E-state index contributed by atoms with van der Waals surface area (Å²) in [5.41, 5.74) is 1.03.